The molecule has 2 aromatic rings. The summed E-state index contributed by atoms with van der Waals surface area (Å²) in [4.78, 5) is 40.1. The zero-order valence-electron chi connectivity index (χ0n) is 21.6. The number of anilines is 1. The number of imidazole rings is 1. The zero-order chi connectivity index (χ0) is 25.9. The summed E-state index contributed by atoms with van der Waals surface area (Å²) in [5, 5.41) is 0. The average molecular weight is 488 g/mol. The van der Waals surface area contributed by atoms with E-state index in [0.29, 0.717) is 5.65 Å². The number of carbonyl (C=O) groups excluding carboxylic acids is 2. The molecule has 3 unspecified atom stereocenters. The minimum Gasteiger partial charge on any atom is -0.443 e. The van der Waals surface area contributed by atoms with Gasteiger partial charge in [0.1, 0.15) is 29.7 Å². The SMILES string of the molecule is CC1=CC(n2cnc3c(N(C(=O)OC(C)(C)C)C(=O)OC(C)(C)C)ncnc32)C2OC(C)(C)OC12. The molecule has 3 atom stereocenters. The van der Waals surface area contributed by atoms with Crippen LogP contribution in [0.1, 0.15) is 68.4 Å². The van der Waals surface area contributed by atoms with E-state index in [4.69, 9.17) is 18.9 Å². The van der Waals surface area contributed by atoms with Gasteiger partial charge < -0.3 is 23.5 Å². The number of nitrogens with zero attached hydrogens (tertiary/aromatic N) is 5. The number of ether oxygens (including phenoxy) is 4. The van der Waals surface area contributed by atoms with Crippen LogP contribution in [0.4, 0.5) is 15.4 Å². The van der Waals surface area contributed by atoms with E-state index >= 15 is 0 Å². The third-order valence-corrected chi connectivity index (χ3v) is 5.37. The monoisotopic (exact) mass is 487 g/mol. The second-order valence-electron chi connectivity index (χ2n) is 11.2. The first-order chi connectivity index (χ1) is 16.1. The number of hydrogen-bond donors (Lipinski definition) is 0. The van der Waals surface area contributed by atoms with E-state index in [1.54, 1.807) is 47.9 Å². The van der Waals surface area contributed by atoms with Crippen molar-refractivity contribution in [2.45, 2.75) is 97.6 Å². The van der Waals surface area contributed by atoms with Gasteiger partial charge in [0.15, 0.2) is 22.8 Å². The Morgan fingerprint density at radius 3 is 2.17 bits per heavy atom. The summed E-state index contributed by atoms with van der Waals surface area (Å²) in [6, 6.07) is -0.244. The van der Waals surface area contributed by atoms with Crippen LogP contribution in [0.25, 0.3) is 11.2 Å². The fourth-order valence-electron chi connectivity index (χ4n) is 4.17. The number of fused-ring (bicyclic) bond motifs is 2. The van der Waals surface area contributed by atoms with E-state index < -0.39 is 29.2 Å². The van der Waals surface area contributed by atoms with Gasteiger partial charge in [-0.2, -0.15) is 4.90 Å². The van der Waals surface area contributed by atoms with Crippen molar-refractivity contribution >= 4 is 29.2 Å². The highest BCUT2D eigenvalue weighted by molar-refractivity contribution is 6.12. The quantitative estimate of drug-likeness (QED) is 0.563. The summed E-state index contributed by atoms with van der Waals surface area (Å²) in [6.07, 6.45) is 2.61. The Kier molecular flexibility index (Phi) is 5.92. The van der Waals surface area contributed by atoms with E-state index in [1.807, 2.05) is 31.4 Å². The third kappa shape index (κ3) is 5.01. The zero-order valence-corrected chi connectivity index (χ0v) is 21.6. The van der Waals surface area contributed by atoms with Gasteiger partial charge in [-0.05, 0) is 67.9 Å². The lowest BCUT2D eigenvalue weighted by molar-refractivity contribution is -0.147. The first-order valence-electron chi connectivity index (χ1n) is 11.5. The highest BCUT2D eigenvalue weighted by Gasteiger charge is 2.50. The van der Waals surface area contributed by atoms with Crippen molar-refractivity contribution in [3.8, 4) is 0 Å². The van der Waals surface area contributed by atoms with Crippen LogP contribution in [0.15, 0.2) is 24.3 Å². The molecule has 3 heterocycles. The fraction of sp³-hybridized carbons (Fsp3) is 0.625. The topological polar surface area (TPSA) is 118 Å². The number of rotatable bonds is 2. The Bertz CT molecular complexity index is 1160. The number of amides is 2. The highest BCUT2D eigenvalue weighted by atomic mass is 16.8. The molecule has 0 N–H and O–H groups in total. The van der Waals surface area contributed by atoms with Crippen molar-refractivity contribution in [1.82, 2.24) is 19.5 Å². The predicted octanol–water partition coefficient (Wildman–Crippen LogP) is 4.52. The Hall–Kier alpha value is -3.05. The van der Waals surface area contributed by atoms with Gasteiger partial charge in [-0.25, -0.2) is 24.5 Å². The lowest BCUT2D eigenvalue weighted by Crippen LogP contribution is -2.44. The molecule has 1 saturated heterocycles. The van der Waals surface area contributed by atoms with Crippen molar-refractivity contribution in [3.63, 3.8) is 0 Å². The second kappa shape index (κ2) is 8.27. The van der Waals surface area contributed by atoms with Gasteiger partial charge in [0.2, 0.25) is 0 Å². The molecule has 35 heavy (non-hydrogen) atoms. The van der Waals surface area contributed by atoms with Crippen LogP contribution >= 0.6 is 0 Å². The van der Waals surface area contributed by atoms with E-state index in [9.17, 15) is 9.59 Å². The number of hydrogen-bond acceptors (Lipinski definition) is 9. The van der Waals surface area contributed by atoms with Crippen molar-refractivity contribution in [2.75, 3.05) is 4.90 Å². The first kappa shape index (κ1) is 25.1. The molecule has 4 rings (SSSR count). The maximum absolute atomic E-state index is 13.1. The van der Waals surface area contributed by atoms with Crippen LogP contribution in [0.3, 0.4) is 0 Å². The van der Waals surface area contributed by atoms with Crippen molar-refractivity contribution < 1.29 is 28.5 Å². The lowest BCUT2D eigenvalue weighted by Gasteiger charge is -2.28. The molecule has 0 bridgehead atoms. The summed E-state index contributed by atoms with van der Waals surface area (Å²) in [7, 11) is 0. The summed E-state index contributed by atoms with van der Waals surface area (Å²) < 4.78 is 25.0. The van der Waals surface area contributed by atoms with Gasteiger partial charge >= 0.3 is 12.2 Å². The molecule has 2 aromatic heterocycles. The van der Waals surface area contributed by atoms with Gasteiger partial charge in [0.05, 0.1) is 12.4 Å². The molecule has 11 heteroatoms. The molecule has 0 aromatic carbocycles. The van der Waals surface area contributed by atoms with Gasteiger partial charge in [0, 0.05) is 0 Å². The van der Waals surface area contributed by atoms with Crippen molar-refractivity contribution in [3.05, 3.63) is 24.3 Å². The average Bonchev–Trinajstić information content (AvgIpc) is 3.31. The molecule has 0 spiro atoms. The summed E-state index contributed by atoms with van der Waals surface area (Å²) >= 11 is 0. The van der Waals surface area contributed by atoms with E-state index in [-0.39, 0.29) is 29.6 Å². The van der Waals surface area contributed by atoms with Crippen LogP contribution < -0.4 is 4.90 Å². The molecule has 11 nitrogen and oxygen atoms in total. The maximum atomic E-state index is 13.1. The molecule has 2 aliphatic rings. The number of aromatic nitrogens is 4. The maximum Gasteiger partial charge on any atom is 0.425 e. The molecule has 190 valence electrons. The number of imide groups is 1. The first-order valence-corrected chi connectivity index (χ1v) is 11.5. The Labute approximate surface area is 204 Å². The molecule has 0 saturated carbocycles. The molecular weight excluding hydrogens is 454 g/mol. The van der Waals surface area contributed by atoms with Gasteiger partial charge in [-0.1, -0.05) is 6.08 Å². The number of carbonyl (C=O) groups is 2. The second-order valence-corrected chi connectivity index (χ2v) is 11.2. The summed E-state index contributed by atoms with van der Waals surface area (Å²) in [5.74, 6) is -0.749. The standard InChI is InChI=1S/C24H33N5O6/c1-13-10-14(17-16(13)32-24(8,9)33-17)28-12-27-15-18(28)25-11-26-19(15)29(20(30)34-22(2,3)4)21(31)35-23(5,6)7/h10-12,14,16-17H,1-9H3. The minimum atomic E-state index is -0.924. The summed E-state index contributed by atoms with van der Waals surface area (Å²) in [5.41, 5.74) is 0.0191. The van der Waals surface area contributed by atoms with Gasteiger partial charge in [-0.15, -0.1) is 0 Å². The van der Waals surface area contributed by atoms with Crippen LogP contribution in [0.2, 0.25) is 0 Å². The fourth-order valence-corrected chi connectivity index (χ4v) is 4.17. The van der Waals surface area contributed by atoms with Crippen LogP contribution in [-0.4, -0.2) is 60.9 Å². The molecule has 1 fully saturated rings. The molecule has 2 amide bonds. The summed E-state index contributed by atoms with van der Waals surface area (Å²) in [6.45, 7) is 16.0. The Balaban J connectivity index is 1.77. The lowest BCUT2D eigenvalue weighted by atomic mass is 10.1. The third-order valence-electron chi connectivity index (χ3n) is 5.37. The van der Waals surface area contributed by atoms with E-state index in [0.717, 1.165) is 10.5 Å². The van der Waals surface area contributed by atoms with Gasteiger partial charge in [0.25, 0.3) is 0 Å². The van der Waals surface area contributed by atoms with Crippen molar-refractivity contribution in [1.29, 1.82) is 0 Å². The van der Waals surface area contributed by atoms with Crippen LogP contribution in [-0.2, 0) is 18.9 Å². The highest BCUT2D eigenvalue weighted by Crippen LogP contribution is 2.44. The molecule has 0 radical (unpaired) electrons. The normalized spacial score (nSPS) is 23.7. The Morgan fingerprint density at radius 1 is 1.00 bits per heavy atom. The molecule has 1 aliphatic heterocycles. The largest absolute Gasteiger partial charge is 0.443 e. The van der Waals surface area contributed by atoms with Crippen molar-refractivity contribution in [2.24, 2.45) is 0 Å². The van der Waals surface area contributed by atoms with E-state index in [2.05, 4.69) is 15.0 Å². The van der Waals surface area contributed by atoms with E-state index in [1.165, 1.54) is 6.33 Å². The molecule has 1 aliphatic carbocycles. The van der Waals surface area contributed by atoms with Crippen LogP contribution in [0.5, 0.6) is 0 Å². The Morgan fingerprint density at radius 2 is 1.60 bits per heavy atom. The predicted molar refractivity (Wildman–Crippen MR) is 127 cm³/mol. The molecular formula is C24H33N5O6. The smallest absolute Gasteiger partial charge is 0.425 e. The minimum absolute atomic E-state index is 0.0311. The van der Waals surface area contributed by atoms with Crippen LogP contribution in [0, 0.1) is 0 Å². The van der Waals surface area contributed by atoms with Gasteiger partial charge in [-0.3, -0.25) is 0 Å².